The number of aromatic nitrogens is 5. The van der Waals surface area contributed by atoms with Crippen molar-refractivity contribution >= 4 is 28.5 Å². The average Bonchev–Trinajstić information content (AvgIpc) is 3.12. The molecule has 0 atom stereocenters. The summed E-state index contributed by atoms with van der Waals surface area (Å²) in [4.78, 5) is 21.7. The number of hydrogen-bond acceptors (Lipinski definition) is 4. The lowest BCUT2D eigenvalue weighted by atomic mass is 10.2. The third-order valence-electron chi connectivity index (χ3n) is 4.12. The number of para-hydroxylation sites is 2. The smallest absolute Gasteiger partial charge is 0.263 e. The Bertz CT molecular complexity index is 1080. The van der Waals surface area contributed by atoms with Gasteiger partial charge >= 0.3 is 0 Å². The fraction of sp³-hybridized carbons (Fsp3) is 0.222. The zero-order chi connectivity index (χ0) is 17.4. The molecule has 4 aromatic rings. The number of nitrogens with one attached hydrogen (secondary N) is 1. The molecule has 1 aromatic carbocycles. The van der Waals surface area contributed by atoms with Crippen molar-refractivity contribution < 1.29 is 4.79 Å². The van der Waals surface area contributed by atoms with Crippen LogP contribution in [0.5, 0.6) is 0 Å². The second-order valence-corrected chi connectivity index (χ2v) is 5.88. The van der Waals surface area contributed by atoms with Crippen LogP contribution < -0.4 is 5.32 Å². The fourth-order valence-electron chi connectivity index (χ4n) is 3.05. The molecule has 1 amide bonds. The standard InChI is InChI=1S/C18H18N6O/c1-3-10-23-14-8-5-4-7-13(14)20-18(23)21-17(25)15-12(2)22-24-11-6-9-19-16(15)24/h4-9,11H,3,10H2,1-2H3,(H,20,21,25). The molecule has 0 aliphatic carbocycles. The maximum absolute atomic E-state index is 12.9. The molecule has 0 radical (unpaired) electrons. The van der Waals surface area contributed by atoms with Crippen LogP contribution in [0.3, 0.4) is 0 Å². The van der Waals surface area contributed by atoms with Crippen molar-refractivity contribution in [3.05, 3.63) is 54.0 Å². The normalized spacial score (nSPS) is 11.3. The Morgan fingerprint density at radius 1 is 1.24 bits per heavy atom. The van der Waals surface area contributed by atoms with Gasteiger partial charge in [-0.15, -0.1) is 0 Å². The van der Waals surface area contributed by atoms with E-state index < -0.39 is 0 Å². The topological polar surface area (TPSA) is 77.1 Å². The molecule has 0 aliphatic heterocycles. The monoisotopic (exact) mass is 334 g/mol. The van der Waals surface area contributed by atoms with Gasteiger partial charge < -0.3 is 4.57 Å². The van der Waals surface area contributed by atoms with Crippen LogP contribution in [0.15, 0.2) is 42.7 Å². The molecule has 25 heavy (non-hydrogen) atoms. The Hall–Kier alpha value is -3.22. The van der Waals surface area contributed by atoms with E-state index in [4.69, 9.17) is 0 Å². The number of fused-ring (bicyclic) bond motifs is 2. The van der Waals surface area contributed by atoms with E-state index in [1.807, 2.05) is 28.8 Å². The summed E-state index contributed by atoms with van der Waals surface area (Å²) in [6.07, 6.45) is 4.37. The Morgan fingerprint density at radius 2 is 2.08 bits per heavy atom. The molecular weight excluding hydrogens is 316 g/mol. The summed E-state index contributed by atoms with van der Waals surface area (Å²) in [6, 6.07) is 9.65. The predicted octanol–water partition coefficient (Wildman–Crippen LogP) is 3.05. The van der Waals surface area contributed by atoms with Gasteiger partial charge in [-0.3, -0.25) is 10.1 Å². The molecule has 7 nitrogen and oxygen atoms in total. The van der Waals surface area contributed by atoms with Gasteiger partial charge in [0.25, 0.3) is 5.91 Å². The van der Waals surface area contributed by atoms with Crippen molar-refractivity contribution in [3.63, 3.8) is 0 Å². The highest BCUT2D eigenvalue weighted by Gasteiger charge is 2.20. The molecular formula is C18H18N6O. The molecule has 3 aromatic heterocycles. The SMILES string of the molecule is CCCn1c(NC(=O)c2c(C)nn3cccnc23)nc2ccccc21. The van der Waals surface area contributed by atoms with Gasteiger partial charge in [-0.1, -0.05) is 19.1 Å². The summed E-state index contributed by atoms with van der Waals surface area (Å²) in [5.74, 6) is 0.293. The summed E-state index contributed by atoms with van der Waals surface area (Å²) in [5, 5.41) is 7.28. The first-order chi connectivity index (χ1) is 12.2. The lowest BCUT2D eigenvalue weighted by Gasteiger charge is -2.08. The van der Waals surface area contributed by atoms with E-state index in [0.717, 1.165) is 24.0 Å². The van der Waals surface area contributed by atoms with Crippen molar-refractivity contribution in [2.75, 3.05) is 5.32 Å². The van der Waals surface area contributed by atoms with Crippen molar-refractivity contribution in [3.8, 4) is 0 Å². The first kappa shape index (κ1) is 15.3. The lowest BCUT2D eigenvalue weighted by molar-refractivity contribution is 0.102. The van der Waals surface area contributed by atoms with Crippen molar-refractivity contribution in [1.29, 1.82) is 0 Å². The van der Waals surface area contributed by atoms with Gasteiger partial charge in [-0.2, -0.15) is 5.10 Å². The lowest BCUT2D eigenvalue weighted by Crippen LogP contribution is -2.17. The fourth-order valence-corrected chi connectivity index (χ4v) is 3.05. The molecule has 126 valence electrons. The number of amides is 1. The van der Waals surface area contributed by atoms with E-state index in [-0.39, 0.29) is 5.91 Å². The van der Waals surface area contributed by atoms with Crippen LogP contribution in [0.4, 0.5) is 5.95 Å². The van der Waals surface area contributed by atoms with E-state index in [9.17, 15) is 4.79 Å². The van der Waals surface area contributed by atoms with Crippen molar-refractivity contribution in [2.45, 2.75) is 26.8 Å². The van der Waals surface area contributed by atoms with Crippen LogP contribution in [0.25, 0.3) is 16.7 Å². The molecule has 0 fully saturated rings. The summed E-state index contributed by atoms with van der Waals surface area (Å²) in [6.45, 7) is 4.68. The number of carbonyl (C=O) groups excluding carboxylic acids is 1. The van der Waals surface area contributed by atoms with Gasteiger partial charge in [0.15, 0.2) is 5.65 Å². The molecule has 0 spiro atoms. The highest BCUT2D eigenvalue weighted by atomic mass is 16.1. The highest BCUT2D eigenvalue weighted by molar-refractivity contribution is 6.09. The number of hydrogen-bond donors (Lipinski definition) is 1. The number of nitrogens with zero attached hydrogens (tertiary/aromatic N) is 5. The van der Waals surface area contributed by atoms with Gasteiger partial charge in [0, 0.05) is 18.9 Å². The van der Waals surface area contributed by atoms with Crippen LogP contribution in [0.2, 0.25) is 0 Å². The Balaban J connectivity index is 1.77. The summed E-state index contributed by atoms with van der Waals surface area (Å²) < 4.78 is 3.64. The molecule has 4 rings (SSSR count). The molecule has 1 N–H and O–H groups in total. The number of carbonyl (C=O) groups is 1. The van der Waals surface area contributed by atoms with E-state index in [1.165, 1.54) is 0 Å². The number of aryl methyl sites for hydroxylation is 2. The van der Waals surface area contributed by atoms with Crippen molar-refractivity contribution in [2.24, 2.45) is 0 Å². The van der Waals surface area contributed by atoms with Crippen LogP contribution in [0, 0.1) is 6.92 Å². The molecule has 0 saturated carbocycles. The second kappa shape index (κ2) is 6.01. The Kier molecular flexibility index (Phi) is 3.68. The highest BCUT2D eigenvalue weighted by Crippen LogP contribution is 2.21. The van der Waals surface area contributed by atoms with Gasteiger partial charge in [0.05, 0.1) is 16.7 Å². The van der Waals surface area contributed by atoms with E-state index >= 15 is 0 Å². The van der Waals surface area contributed by atoms with Crippen LogP contribution in [-0.2, 0) is 6.54 Å². The predicted molar refractivity (Wildman–Crippen MR) is 95.7 cm³/mol. The van der Waals surface area contributed by atoms with Crippen LogP contribution >= 0.6 is 0 Å². The molecule has 7 heteroatoms. The second-order valence-electron chi connectivity index (χ2n) is 5.88. The minimum Gasteiger partial charge on any atom is -0.310 e. The minimum atomic E-state index is -0.251. The molecule has 0 bridgehead atoms. The number of rotatable bonds is 4. The first-order valence-electron chi connectivity index (χ1n) is 8.25. The summed E-state index contributed by atoms with van der Waals surface area (Å²) in [7, 11) is 0. The van der Waals surface area contributed by atoms with E-state index in [2.05, 4.69) is 27.3 Å². The van der Waals surface area contributed by atoms with Gasteiger partial charge in [-0.05, 0) is 31.5 Å². The Labute approximate surface area is 144 Å². The number of benzene rings is 1. The van der Waals surface area contributed by atoms with Gasteiger partial charge in [-0.25, -0.2) is 14.5 Å². The van der Waals surface area contributed by atoms with Crippen LogP contribution in [0.1, 0.15) is 29.4 Å². The van der Waals surface area contributed by atoms with E-state index in [1.54, 1.807) is 29.9 Å². The quantitative estimate of drug-likeness (QED) is 0.622. The van der Waals surface area contributed by atoms with Crippen molar-refractivity contribution in [1.82, 2.24) is 24.1 Å². The molecule has 3 heterocycles. The average molecular weight is 334 g/mol. The van der Waals surface area contributed by atoms with Crippen LogP contribution in [-0.4, -0.2) is 30.1 Å². The summed E-state index contributed by atoms with van der Waals surface area (Å²) >= 11 is 0. The third-order valence-corrected chi connectivity index (χ3v) is 4.12. The first-order valence-corrected chi connectivity index (χ1v) is 8.25. The molecule has 0 saturated heterocycles. The molecule has 0 unspecified atom stereocenters. The molecule has 0 aliphatic rings. The third kappa shape index (κ3) is 2.53. The number of anilines is 1. The minimum absolute atomic E-state index is 0.251. The maximum Gasteiger partial charge on any atom is 0.263 e. The summed E-state index contributed by atoms with van der Waals surface area (Å²) in [5.41, 5.74) is 3.51. The maximum atomic E-state index is 12.9. The van der Waals surface area contributed by atoms with Gasteiger partial charge in [0.1, 0.15) is 5.56 Å². The zero-order valence-electron chi connectivity index (χ0n) is 14.1. The Morgan fingerprint density at radius 3 is 2.92 bits per heavy atom. The van der Waals surface area contributed by atoms with E-state index in [0.29, 0.717) is 22.9 Å². The largest absolute Gasteiger partial charge is 0.310 e. The zero-order valence-corrected chi connectivity index (χ0v) is 14.1. The number of imidazole rings is 1. The van der Waals surface area contributed by atoms with Gasteiger partial charge in [0.2, 0.25) is 5.95 Å².